The highest BCUT2D eigenvalue weighted by Gasteiger charge is 2.38. The first kappa shape index (κ1) is 25.8. The van der Waals surface area contributed by atoms with Gasteiger partial charge in [0.1, 0.15) is 17.4 Å². The standard InChI is InChI=1S/C21H23N5O2.C2HF3O2/c1-15-23-19(18-4-2-3-7-22-18)13-21(24-15)25-17-5-6-20(27)16(12-17)14-26-8-10-28-11-9-26;3-2(4,5)1(6)7/h2-7,12-13,27H,8-11,14H2,1H3,(H,23,24,25);(H,6,7). The minimum atomic E-state index is -5.08. The minimum Gasteiger partial charge on any atom is -0.508 e. The molecule has 0 spiro atoms. The number of carboxylic acids is 1. The number of halogens is 3. The molecule has 0 radical (unpaired) electrons. The summed E-state index contributed by atoms with van der Waals surface area (Å²) in [7, 11) is 0. The van der Waals surface area contributed by atoms with E-state index < -0.39 is 12.1 Å². The molecule has 3 heterocycles. The SMILES string of the molecule is Cc1nc(Nc2ccc(O)c(CN3CCOCC3)c2)cc(-c2ccccn2)n1.O=C(O)C(F)(F)F. The molecule has 1 saturated heterocycles. The number of hydrogen-bond donors (Lipinski definition) is 3. The molecule has 1 fully saturated rings. The number of nitrogens with zero attached hydrogens (tertiary/aromatic N) is 4. The molecule has 0 atom stereocenters. The Morgan fingerprint density at radius 2 is 1.83 bits per heavy atom. The number of anilines is 2. The van der Waals surface area contributed by atoms with E-state index in [0.29, 0.717) is 23.9 Å². The summed E-state index contributed by atoms with van der Waals surface area (Å²) < 4.78 is 37.1. The lowest BCUT2D eigenvalue weighted by molar-refractivity contribution is -0.192. The maximum absolute atomic E-state index is 10.6. The second-order valence-electron chi connectivity index (χ2n) is 7.56. The van der Waals surface area contributed by atoms with Crippen LogP contribution in [0.5, 0.6) is 5.75 Å². The van der Waals surface area contributed by atoms with E-state index in [2.05, 4.69) is 25.2 Å². The zero-order chi connectivity index (χ0) is 25.4. The average Bonchev–Trinajstić information content (AvgIpc) is 2.82. The molecular formula is C23H24F3N5O4. The van der Waals surface area contributed by atoms with Gasteiger partial charge in [0.05, 0.1) is 24.6 Å². The Morgan fingerprint density at radius 1 is 1.11 bits per heavy atom. The van der Waals surface area contributed by atoms with E-state index in [1.54, 1.807) is 12.3 Å². The monoisotopic (exact) mass is 491 g/mol. The van der Waals surface area contributed by atoms with Crippen molar-refractivity contribution in [3.63, 3.8) is 0 Å². The molecule has 4 rings (SSSR count). The van der Waals surface area contributed by atoms with Gasteiger partial charge in [-0.05, 0) is 37.3 Å². The second kappa shape index (κ2) is 11.6. The lowest BCUT2D eigenvalue weighted by Gasteiger charge is -2.27. The van der Waals surface area contributed by atoms with Gasteiger partial charge in [-0.25, -0.2) is 14.8 Å². The van der Waals surface area contributed by atoms with E-state index in [4.69, 9.17) is 14.6 Å². The number of carboxylic acid groups (broad SMARTS) is 1. The van der Waals surface area contributed by atoms with Gasteiger partial charge in [0.25, 0.3) is 0 Å². The number of aliphatic carboxylic acids is 1. The summed E-state index contributed by atoms with van der Waals surface area (Å²) in [5.41, 5.74) is 3.31. The van der Waals surface area contributed by atoms with Crippen LogP contribution < -0.4 is 5.32 Å². The predicted molar refractivity (Wildman–Crippen MR) is 121 cm³/mol. The maximum Gasteiger partial charge on any atom is 0.490 e. The number of phenolic OH excluding ortho intramolecular Hbond substituents is 1. The number of phenols is 1. The Balaban J connectivity index is 0.000000429. The smallest absolute Gasteiger partial charge is 0.490 e. The first-order valence-electron chi connectivity index (χ1n) is 10.6. The van der Waals surface area contributed by atoms with Gasteiger partial charge in [-0.1, -0.05) is 6.07 Å². The number of benzene rings is 1. The highest BCUT2D eigenvalue weighted by atomic mass is 19.4. The molecule has 0 saturated carbocycles. The number of alkyl halides is 3. The number of aromatic hydroxyl groups is 1. The Labute approximate surface area is 199 Å². The Morgan fingerprint density at radius 3 is 2.46 bits per heavy atom. The van der Waals surface area contributed by atoms with Crippen molar-refractivity contribution < 1.29 is 32.9 Å². The molecule has 12 heteroatoms. The van der Waals surface area contributed by atoms with Crippen molar-refractivity contribution in [2.24, 2.45) is 0 Å². The summed E-state index contributed by atoms with van der Waals surface area (Å²) >= 11 is 0. The number of morpholine rings is 1. The molecule has 0 amide bonds. The number of ether oxygens (including phenoxy) is 1. The van der Waals surface area contributed by atoms with Crippen LogP contribution in [-0.2, 0) is 16.1 Å². The number of aryl methyl sites for hydroxylation is 1. The number of carbonyl (C=O) groups is 1. The molecule has 35 heavy (non-hydrogen) atoms. The topological polar surface area (TPSA) is 121 Å². The Bertz CT molecular complexity index is 1140. The highest BCUT2D eigenvalue weighted by Crippen LogP contribution is 2.26. The molecule has 9 nitrogen and oxygen atoms in total. The lowest BCUT2D eigenvalue weighted by atomic mass is 10.1. The molecule has 3 N–H and O–H groups in total. The third-order valence-electron chi connectivity index (χ3n) is 4.86. The number of hydrogen-bond acceptors (Lipinski definition) is 8. The normalized spacial score (nSPS) is 14.1. The van der Waals surface area contributed by atoms with Crippen molar-refractivity contribution >= 4 is 17.5 Å². The van der Waals surface area contributed by atoms with Crippen molar-refractivity contribution in [1.29, 1.82) is 0 Å². The van der Waals surface area contributed by atoms with Crippen LogP contribution in [0, 0.1) is 6.92 Å². The van der Waals surface area contributed by atoms with Gasteiger partial charge in [0.15, 0.2) is 0 Å². The molecule has 1 aliphatic rings. The van der Waals surface area contributed by atoms with Crippen molar-refractivity contribution in [2.45, 2.75) is 19.6 Å². The summed E-state index contributed by atoms with van der Waals surface area (Å²) in [6.45, 7) is 5.75. The minimum absolute atomic E-state index is 0.296. The van der Waals surface area contributed by atoms with Crippen molar-refractivity contribution in [1.82, 2.24) is 19.9 Å². The van der Waals surface area contributed by atoms with E-state index in [-0.39, 0.29) is 0 Å². The quantitative estimate of drug-likeness (QED) is 0.458. The Kier molecular flexibility index (Phi) is 8.55. The summed E-state index contributed by atoms with van der Waals surface area (Å²) in [4.78, 5) is 24.5. The van der Waals surface area contributed by atoms with Crippen molar-refractivity contribution in [3.8, 4) is 17.1 Å². The fourth-order valence-electron chi connectivity index (χ4n) is 3.22. The van der Waals surface area contributed by atoms with Gasteiger partial charge in [0, 0.05) is 43.1 Å². The molecule has 0 bridgehead atoms. The maximum atomic E-state index is 10.6. The lowest BCUT2D eigenvalue weighted by Crippen LogP contribution is -2.35. The van der Waals surface area contributed by atoms with Crippen LogP contribution >= 0.6 is 0 Å². The van der Waals surface area contributed by atoms with Gasteiger partial charge in [-0.2, -0.15) is 13.2 Å². The largest absolute Gasteiger partial charge is 0.508 e. The molecule has 0 unspecified atom stereocenters. The van der Waals surface area contributed by atoms with Gasteiger partial charge < -0.3 is 20.3 Å². The zero-order valence-corrected chi connectivity index (χ0v) is 18.8. The Hall–Kier alpha value is -3.77. The van der Waals surface area contributed by atoms with E-state index in [1.807, 2.05) is 43.3 Å². The summed E-state index contributed by atoms with van der Waals surface area (Å²) in [5, 5.41) is 20.7. The predicted octanol–water partition coefficient (Wildman–Crippen LogP) is 3.76. The molecule has 2 aromatic heterocycles. The van der Waals surface area contributed by atoms with Crippen LogP contribution in [0.4, 0.5) is 24.7 Å². The summed E-state index contributed by atoms with van der Waals surface area (Å²) in [6.07, 6.45) is -3.34. The fraction of sp³-hybridized carbons (Fsp3) is 0.304. The third-order valence-corrected chi connectivity index (χ3v) is 4.86. The van der Waals surface area contributed by atoms with E-state index in [1.165, 1.54) is 0 Å². The second-order valence-corrected chi connectivity index (χ2v) is 7.56. The highest BCUT2D eigenvalue weighted by molar-refractivity contribution is 5.73. The first-order chi connectivity index (χ1) is 16.6. The molecule has 0 aliphatic carbocycles. The van der Waals surface area contributed by atoms with Gasteiger partial charge in [-0.15, -0.1) is 0 Å². The van der Waals surface area contributed by atoms with Gasteiger partial charge >= 0.3 is 12.1 Å². The molecule has 1 aromatic carbocycles. The van der Waals surface area contributed by atoms with Crippen LogP contribution in [0.25, 0.3) is 11.4 Å². The third kappa shape index (κ3) is 7.90. The molecular weight excluding hydrogens is 467 g/mol. The number of aromatic nitrogens is 3. The van der Waals surface area contributed by atoms with Crippen LogP contribution in [0.3, 0.4) is 0 Å². The number of rotatable bonds is 5. The van der Waals surface area contributed by atoms with Crippen molar-refractivity contribution in [3.05, 3.63) is 60.0 Å². The average molecular weight is 491 g/mol. The van der Waals surface area contributed by atoms with E-state index >= 15 is 0 Å². The fourth-order valence-corrected chi connectivity index (χ4v) is 3.22. The first-order valence-corrected chi connectivity index (χ1v) is 10.6. The van der Waals surface area contributed by atoms with Crippen LogP contribution in [-0.4, -0.2) is 68.5 Å². The zero-order valence-electron chi connectivity index (χ0n) is 18.8. The molecule has 1 aliphatic heterocycles. The van der Waals surface area contributed by atoms with Crippen LogP contribution in [0.2, 0.25) is 0 Å². The van der Waals surface area contributed by atoms with Gasteiger partial charge in [-0.3, -0.25) is 9.88 Å². The number of pyridine rings is 1. The number of nitrogens with one attached hydrogen (secondary N) is 1. The summed E-state index contributed by atoms with van der Waals surface area (Å²) in [6, 6.07) is 13.1. The summed E-state index contributed by atoms with van der Waals surface area (Å²) in [5.74, 6) is -1.10. The van der Waals surface area contributed by atoms with Gasteiger partial charge in [0.2, 0.25) is 0 Å². The van der Waals surface area contributed by atoms with Crippen LogP contribution in [0.1, 0.15) is 11.4 Å². The van der Waals surface area contributed by atoms with E-state index in [9.17, 15) is 18.3 Å². The molecule has 3 aromatic rings. The van der Waals surface area contributed by atoms with E-state index in [0.717, 1.165) is 48.9 Å². The van der Waals surface area contributed by atoms with Crippen molar-refractivity contribution in [2.75, 3.05) is 31.6 Å². The molecule has 186 valence electrons. The van der Waals surface area contributed by atoms with Crippen LogP contribution in [0.15, 0.2) is 48.7 Å².